The summed E-state index contributed by atoms with van der Waals surface area (Å²) in [4.78, 5) is 16.2. The van der Waals surface area contributed by atoms with Crippen molar-refractivity contribution in [2.24, 2.45) is 10.1 Å². The number of hydrogen-bond donors (Lipinski definition) is 3. The van der Waals surface area contributed by atoms with Crippen LogP contribution in [0, 0.1) is 0 Å². The minimum atomic E-state index is -3.95. The number of primary sulfonamides is 1. The molecule has 0 atom stereocenters. The molecule has 1 radical (unpaired) electrons. The van der Waals surface area contributed by atoms with Crippen molar-refractivity contribution in [2.45, 2.75) is 4.90 Å². The van der Waals surface area contributed by atoms with Crippen molar-refractivity contribution in [3.8, 4) is 16.9 Å². The van der Waals surface area contributed by atoms with Crippen LogP contribution in [0.5, 0.6) is 5.75 Å². The summed E-state index contributed by atoms with van der Waals surface area (Å²) in [5.41, 5.74) is 2.37. The molecule has 147 valence electrons. The zero-order chi connectivity index (χ0) is 21.0. The number of benzene rings is 3. The topological polar surface area (TPSA) is 122 Å². The van der Waals surface area contributed by atoms with Gasteiger partial charge in [0.05, 0.1) is 0 Å². The predicted molar refractivity (Wildman–Crippen MR) is 112 cm³/mol. The minimum absolute atomic E-state index is 0.0509. The van der Waals surface area contributed by atoms with E-state index < -0.39 is 15.9 Å². The number of nitrogens with zero attached hydrogens (tertiary/aromatic N) is 1. The Morgan fingerprint density at radius 1 is 0.966 bits per heavy atom. The van der Waals surface area contributed by atoms with Gasteiger partial charge < -0.3 is 0 Å². The van der Waals surface area contributed by atoms with E-state index in [0.717, 1.165) is 29.3 Å². The third-order valence-corrected chi connectivity index (χ3v) is 5.29. The Morgan fingerprint density at radius 2 is 1.59 bits per heavy atom. The maximum absolute atomic E-state index is 12.4. The first-order valence-electron chi connectivity index (χ1n) is 8.32. The second-order valence-corrected chi connectivity index (χ2v) is 8.38. The SMILES string of the molecule is NS(=O)(=O)c1ccc(O)c(N=C([Se])NC(=O)c2ccc(-c3ccccc3)cc2)c1. The molecule has 0 fully saturated rings. The monoisotopic (exact) mass is 474 g/mol. The van der Waals surface area contributed by atoms with E-state index in [9.17, 15) is 18.3 Å². The van der Waals surface area contributed by atoms with Gasteiger partial charge in [0.2, 0.25) is 0 Å². The van der Waals surface area contributed by atoms with E-state index in [-0.39, 0.29) is 21.1 Å². The second-order valence-electron chi connectivity index (χ2n) is 6.01. The quantitative estimate of drug-likeness (QED) is 0.306. The number of hydrogen-bond acceptors (Lipinski definition) is 5. The van der Waals surface area contributed by atoms with Crippen molar-refractivity contribution in [2.75, 3.05) is 0 Å². The van der Waals surface area contributed by atoms with Crippen LogP contribution in [-0.2, 0) is 10.0 Å². The van der Waals surface area contributed by atoms with E-state index in [1.165, 1.54) is 0 Å². The van der Waals surface area contributed by atoms with Crippen LogP contribution in [0.1, 0.15) is 10.4 Å². The third kappa shape index (κ3) is 5.30. The van der Waals surface area contributed by atoms with Crippen molar-refractivity contribution < 1.29 is 18.3 Å². The molecule has 4 N–H and O–H groups in total. The van der Waals surface area contributed by atoms with E-state index in [4.69, 9.17) is 5.14 Å². The Hall–Kier alpha value is -2.97. The summed E-state index contributed by atoms with van der Waals surface area (Å²) in [6, 6.07) is 20.2. The number of aliphatic imine (C=N–C) groups is 1. The van der Waals surface area contributed by atoms with Crippen LogP contribution >= 0.6 is 0 Å². The summed E-state index contributed by atoms with van der Waals surface area (Å²) in [6.45, 7) is 0. The van der Waals surface area contributed by atoms with Crippen LogP contribution < -0.4 is 10.5 Å². The first kappa shape index (κ1) is 20.8. The first-order valence-corrected chi connectivity index (χ1v) is 10.7. The fourth-order valence-electron chi connectivity index (χ4n) is 2.52. The van der Waals surface area contributed by atoms with Crippen LogP contribution in [0.15, 0.2) is 82.7 Å². The number of aromatic hydroxyl groups is 1. The normalized spacial score (nSPS) is 11.8. The Bertz CT molecular complexity index is 1180. The molecule has 1 amide bonds. The van der Waals surface area contributed by atoms with Gasteiger partial charge in [-0.25, -0.2) is 0 Å². The number of carbonyl (C=O) groups excluding carboxylic acids is 1. The summed E-state index contributed by atoms with van der Waals surface area (Å²) in [6.07, 6.45) is 0. The van der Waals surface area contributed by atoms with Crippen LogP contribution in [0.2, 0.25) is 0 Å². The summed E-state index contributed by atoms with van der Waals surface area (Å²) in [7, 11) is -3.95. The molecule has 3 aromatic carbocycles. The molecule has 0 aliphatic carbocycles. The van der Waals surface area contributed by atoms with Gasteiger partial charge in [0.25, 0.3) is 0 Å². The van der Waals surface area contributed by atoms with Crippen molar-refractivity contribution in [1.82, 2.24) is 5.32 Å². The van der Waals surface area contributed by atoms with Crippen LogP contribution in [0.25, 0.3) is 11.1 Å². The third-order valence-electron chi connectivity index (χ3n) is 3.97. The maximum atomic E-state index is 12.4. The number of carbonyl (C=O) groups is 1. The second kappa shape index (κ2) is 8.59. The Morgan fingerprint density at radius 3 is 2.21 bits per heavy atom. The average Bonchev–Trinajstić information content (AvgIpc) is 2.69. The van der Waals surface area contributed by atoms with Crippen LogP contribution in [0.3, 0.4) is 0 Å². The number of rotatable bonds is 4. The molecule has 0 saturated heterocycles. The average molecular weight is 473 g/mol. The van der Waals surface area contributed by atoms with Gasteiger partial charge >= 0.3 is 176 Å². The van der Waals surface area contributed by atoms with Gasteiger partial charge in [0, 0.05) is 0 Å². The number of phenolic OH excluding ortho intramolecular Hbond substituents is 1. The molecule has 3 rings (SSSR count). The van der Waals surface area contributed by atoms with Crippen molar-refractivity contribution in [3.63, 3.8) is 0 Å². The van der Waals surface area contributed by atoms with E-state index in [1.807, 2.05) is 42.5 Å². The van der Waals surface area contributed by atoms with Gasteiger partial charge in [-0.15, -0.1) is 0 Å². The van der Waals surface area contributed by atoms with Crippen LogP contribution in [-0.4, -0.2) is 40.2 Å². The predicted octanol–water partition coefficient (Wildman–Crippen LogP) is 2.29. The zero-order valence-corrected chi connectivity index (χ0v) is 17.5. The molecule has 0 spiro atoms. The Kier molecular flexibility index (Phi) is 6.14. The molecule has 29 heavy (non-hydrogen) atoms. The molecule has 0 heterocycles. The number of nitrogens with two attached hydrogens (primary N) is 1. The zero-order valence-electron chi connectivity index (χ0n) is 14.9. The van der Waals surface area contributed by atoms with Crippen molar-refractivity contribution in [1.29, 1.82) is 0 Å². The molecular weight excluding hydrogens is 457 g/mol. The number of amides is 1. The van der Waals surface area contributed by atoms with Gasteiger partial charge in [-0.05, 0) is 0 Å². The van der Waals surface area contributed by atoms with E-state index in [0.29, 0.717) is 5.56 Å². The van der Waals surface area contributed by atoms with Gasteiger partial charge in [-0.1, -0.05) is 0 Å². The standard InChI is InChI=1S/C20H16N3O4SSe/c21-28(26,27)16-10-11-18(24)17(12-16)22-20(29)23-19(25)15-8-6-14(7-9-15)13-4-2-1-3-5-13/h1-12,24H,(H2,21,26,27)(H,22,23,25). The van der Waals surface area contributed by atoms with Gasteiger partial charge in [-0.2, -0.15) is 0 Å². The fraction of sp³-hybridized carbons (Fsp3) is 0. The summed E-state index contributed by atoms with van der Waals surface area (Å²) < 4.78 is 22.9. The molecule has 0 unspecified atom stereocenters. The molecule has 3 aromatic rings. The summed E-state index contributed by atoms with van der Waals surface area (Å²) in [5.74, 6) is -0.671. The molecule has 0 aromatic heterocycles. The van der Waals surface area contributed by atoms with Crippen molar-refractivity contribution in [3.05, 3.63) is 78.4 Å². The van der Waals surface area contributed by atoms with Gasteiger partial charge in [0.15, 0.2) is 0 Å². The van der Waals surface area contributed by atoms with Gasteiger partial charge in [-0.3, -0.25) is 0 Å². The first-order chi connectivity index (χ1) is 13.7. The molecule has 0 aliphatic heterocycles. The number of amidine groups is 1. The Labute approximate surface area is 176 Å². The molecule has 0 saturated carbocycles. The van der Waals surface area contributed by atoms with Crippen molar-refractivity contribution >= 4 is 42.4 Å². The number of nitrogens with one attached hydrogen (secondary N) is 1. The van der Waals surface area contributed by atoms with E-state index in [1.54, 1.807) is 12.1 Å². The molecular formula is C20H16N3O4SSe. The van der Waals surface area contributed by atoms with Gasteiger partial charge in [0.1, 0.15) is 0 Å². The molecule has 0 aliphatic rings. The fourth-order valence-corrected chi connectivity index (χ4v) is 3.46. The molecule has 0 bridgehead atoms. The summed E-state index contributed by atoms with van der Waals surface area (Å²) >= 11 is 2.58. The Balaban J connectivity index is 1.77. The molecule has 9 heteroatoms. The van der Waals surface area contributed by atoms with Crippen LogP contribution in [0.4, 0.5) is 5.69 Å². The number of sulfonamides is 1. The van der Waals surface area contributed by atoms with E-state index >= 15 is 0 Å². The summed E-state index contributed by atoms with van der Waals surface area (Å²) in [5, 5.41) is 17.5. The van der Waals surface area contributed by atoms with E-state index in [2.05, 4.69) is 26.3 Å². The number of phenols is 1. The molecule has 7 nitrogen and oxygen atoms in total.